The van der Waals surface area contributed by atoms with Crippen LogP contribution in [0.15, 0.2) is 163 Å². The molecule has 0 heteroatoms. The molecule has 1 atom stereocenters. The van der Waals surface area contributed by atoms with E-state index in [1.165, 1.54) is 6.92 Å². The van der Waals surface area contributed by atoms with E-state index in [4.69, 9.17) is 24.7 Å². The van der Waals surface area contributed by atoms with Crippen LogP contribution in [-0.4, -0.2) is 0 Å². The maximum absolute atomic E-state index is 9.83. The van der Waals surface area contributed by atoms with Crippen LogP contribution in [-0.2, 0) is 5.41 Å². The molecule has 8 aromatic rings. The summed E-state index contributed by atoms with van der Waals surface area (Å²) in [5.41, 5.74) is -7.95. The monoisotopic (exact) mass is 585 g/mol. The topological polar surface area (TPSA) is 0 Å². The van der Waals surface area contributed by atoms with Crippen molar-refractivity contribution >= 4 is 32.3 Å². The summed E-state index contributed by atoms with van der Waals surface area (Å²) in [4.78, 5) is 0. The smallest absolute Gasteiger partial charge is 0.0622 e. The van der Waals surface area contributed by atoms with Crippen molar-refractivity contribution in [3.8, 4) is 33.4 Å². The van der Waals surface area contributed by atoms with E-state index in [0.29, 0.717) is 0 Å². The van der Waals surface area contributed by atoms with Crippen molar-refractivity contribution in [1.82, 2.24) is 0 Å². The Morgan fingerprint density at radius 3 is 1.89 bits per heavy atom. The molecule has 0 radical (unpaired) electrons. The molecule has 0 aromatic heterocycles. The Bertz CT molecular complexity index is 3860. The Hall–Kier alpha value is -5.46. The largest absolute Gasteiger partial charge is 0.0636 e. The Kier molecular flexibility index (Phi) is 2.17. The van der Waals surface area contributed by atoms with E-state index in [1.54, 1.807) is 0 Å². The highest BCUT2D eigenvalue weighted by Crippen LogP contribution is 2.53. The fourth-order valence-electron chi connectivity index (χ4n) is 5.72. The summed E-state index contributed by atoms with van der Waals surface area (Å²) in [7, 11) is 0. The van der Waals surface area contributed by atoms with E-state index >= 15 is 0 Å². The van der Waals surface area contributed by atoms with Crippen molar-refractivity contribution in [1.29, 1.82) is 0 Å². The average molecular weight is 586 g/mol. The average Bonchev–Trinajstić information content (AvgIpc) is 3.61. The molecule has 1 unspecified atom stereocenters. The van der Waals surface area contributed by atoms with Crippen LogP contribution in [0.2, 0.25) is 0 Å². The van der Waals surface area contributed by atoms with Crippen molar-refractivity contribution in [3.05, 3.63) is 180 Å². The molecular formula is C44H30. The Morgan fingerprint density at radius 2 is 1.05 bits per heavy atom. The molecule has 0 fully saturated rings. The van der Waals surface area contributed by atoms with Crippen molar-refractivity contribution in [3.63, 3.8) is 0 Å². The van der Waals surface area contributed by atoms with Gasteiger partial charge < -0.3 is 0 Å². The van der Waals surface area contributed by atoms with Gasteiger partial charge in [0.25, 0.3) is 0 Å². The van der Waals surface area contributed by atoms with Crippen LogP contribution < -0.4 is 0 Å². The molecule has 1 aliphatic rings. The van der Waals surface area contributed by atoms with Gasteiger partial charge in [-0.2, -0.15) is 0 Å². The second-order valence-corrected chi connectivity index (χ2v) is 10.1. The molecule has 0 aliphatic heterocycles. The van der Waals surface area contributed by atoms with Crippen molar-refractivity contribution in [2.45, 2.75) is 12.3 Å². The molecule has 0 spiro atoms. The fourth-order valence-corrected chi connectivity index (χ4v) is 5.72. The summed E-state index contributed by atoms with van der Waals surface area (Å²) in [6, 6.07) is -23.8. The second-order valence-electron chi connectivity index (χ2n) is 10.1. The summed E-state index contributed by atoms with van der Waals surface area (Å²) in [6.07, 6.45) is 0. The molecule has 0 nitrogen and oxygen atoms in total. The zero-order valence-electron chi connectivity index (χ0n) is 49.5. The third-order valence-electron chi connectivity index (χ3n) is 7.81. The molecule has 1 aliphatic carbocycles. The van der Waals surface area contributed by atoms with Gasteiger partial charge in [0, 0.05) is 5.41 Å². The molecule has 0 bridgehead atoms. The van der Waals surface area contributed by atoms with Crippen LogP contribution in [0, 0.1) is 0 Å². The maximum atomic E-state index is 9.83. The van der Waals surface area contributed by atoms with E-state index in [9.17, 15) is 12.3 Å². The molecule has 9 rings (SSSR count). The van der Waals surface area contributed by atoms with Gasteiger partial charge in [-0.1, -0.05) is 151 Å². The Morgan fingerprint density at radius 1 is 0.409 bits per heavy atom. The molecule has 0 amide bonds. The second kappa shape index (κ2) is 9.53. The van der Waals surface area contributed by atoms with Gasteiger partial charge in [0.05, 0.1) is 37.0 Å². The standard InChI is InChI=1S/C44H30/c1-44(34-13-3-2-4-14-34)41-18-10-9-17-37(41)38-25-24-32(28-42(38)44)29-19-21-31(22-20-29)43-36-16-8-6-12-33(36)27-40-35-15-7-5-11-30(35)23-26-39(40)43/h2-28H,1H3/i2D,3D,4D,5D,6D,7D,8D,9D,10D,11D,12D,13D,14D,15D,16D,17D,18D,19D,20D,21D,22D,23D,24D,25D,26D,27D,28D. The Balaban J connectivity index is 1.49. The minimum absolute atomic E-state index is 0.427. The van der Waals surface area contributed by atoms with Crippen LogP contribution in [0.4, 0.5) is 0 Å². The fraction of sp³-hybridized carbons (Fsp3) is 0.0455. The predicted octanol–water partition coefficient (Wildman–Crippen LogP) is 11.8. The van der Waals surface area contributed by atoms with Gasteiger partial charge >= 0.3 is 0 Å². The first-order chi connectivity index (χ1) is 33.0. The third kappa shape index (κ3) is 3.58. The first-order valence-electron chi connectivity index (χ1n) is 26.8. The number of hydrogen-bond acceptors (Lipinski definition) is 0. The van der Waals surface area contributed by atoms with Gasteiger partial charge in [0.1, 0.15) is 0 Å². The van der Waals surface area contributed by atoms with Crippen LogP contribution in [0.5, 0.6) is 0 Å². The number of rotatable bonds is 3. The molecule has 0 saturated heterocycles. The molecule has 206 valence electrons. The summed E-state index contributed by atoms with van der Waals surface area (Å²) < 4.78 is 242. The van der Waals surface area contributed by atoms with Gasteiger partial charge in [-0.25, -0.2) is 0 Å². The van der Waals surface area contributed by atoms with E-state index in [2.05, 4.69) is 0 Å². The maximum Gasteiger partial charge on any atom is 0.0636 e. The van der Waals surface area contributed by atoms with Gasteiger partial charge in [-0.05, 0) is 101 Å². The number of fused-ring (bicyclic) bond motifs is 7. The SMILES string of the molecule is [2H]c1c([2H])c([2H])c(C2(C)c3c([2H])c([2H])c([2H])c([2H])c3-c3c([2H])c([2H])c(-c4c([2H])c([2H])c(-c5c6c([2H])c([2H])c([2H])c([2H])c6c([2H])c6c5c([2H])c([2H])c5c([2H])c([2H])c([2H])c([2H])c56)c([2H])c4[2H])c([2H])c32)c([2H])c1[2H]. The third-order valence-corrected chi connectivity index (χ3v) is 7.81. The lowest BCUT2D eigenvalue weighted by Gasteiger charge is -2.28. The normalized spacial score (nSPS) is 24.1. The lowest BCUT2D eigenvalue weighted by molar-refractivity contribution is 0.714. The highest BCUT2D eigenvalue weighted by Gasteiger charge is 2.40. The van der Waals surface area contributed by atoms with E-state index < -0.39 is 251 Å². The van der Waals surface area contributed by atoms with Crippen molar-refractivity contribution < 1.29 is 37.0 Å². The van der Waals surface area contributed by atoms with Gasteiger partial charge in [0.2, 0.25) is 0 Å². The zero-order chi connectivity index (χ0) is 52.7. The molecule has 0 N–H and O–H groups in total. The lowest BCUT2D eigenvalue weighted by atomic mass is 9.74. The highest BCUT2D eigenvalue weighted by atomic mass is 14.4. The van der Waals surface area contributed by atoms with E-state index in [0.717, 1.165) is 0 Å². The summed E-state index contributed by atoms with van der Waals surface area (Å²) in [5, 5.41) is -3.49. The molecule has 0 heterocycles. The van der Waals surface area contributed by atoms with Crippen LogP contribution in [0.1, 0.15) is 60.6 Å². The predicted molar refractivity (Wildman–Crippen MR) is 187 cm³/mol. The zero-order valence-corrected chi connectivity index (χ0v) is 22.5. The molecule has 0 saturated carbocycles. The summed E-state index contributed by atoms with van der Waals surface area (Å²) in [5.74, 6) is 0. The van der Waals surface area contributed by atoms with Crippen molar-refractivity contribution in [2.24, 2.45) is 0 Å². The molecular weight excluding hydrogens is 528 g/mol. The van der Waals surface area contributed by atoms with Crippen LogP contribution in [0.3, 0.4) is 0 Å². The van der Waals surface area contributed by atoms with Crippen molar-refractivity contribution in [2.75, 3.05) is 0 Å². The summed E-state index contributed by atoms with van der Waals surface area (Å²) >= 11 is 0. The first-order valence-corrected chi connectivity index (χ1v) is 13.2. The summed E-state index contributed by atoms with van der Waals surface area (Å²) in [6.45, 7) is 1.20. The van der Waals surface area contributed by atoms with E-state index in [-0.39, 0.29) is 0 Å². The lowest BCUT2D eigenvalue weighted by Crippen LogP contribution is -2.22. The van der Waals surface area contributed by atoms with Gasteiger partial charge in [-0.3, -0.25) is 0 Å². The van der Waals surface area contributed by atoms with E-state index in [1.807, 2.05) is 0 Å². The molecule has 8 aromatic carbocycles. The highest BCUT2D eigenvalue weighted by molar-refractivity contribution is 6.20. The minimum atomic E-state index is -2.35. The number of hydrogen-bond donors (Lipinski definition) is 0. The Labute approximate surface area is 295 Å². The van der Waals surface area contributed by atoms with Crippen LogP contribution in [0.25, 0.3) is 65.7 Å². The number of benzene rings is 8. The van der Waals surface area contributed by atoms with Gasteiger partial charge in [-0.15, -0.1) is 0 Å². The molecule has 44 heavy (non-hydrogen) atoms. The van der Waals surface area contributed by atoms with Crippen LogP contribution >= 0.6 is 0 Å². The first kappa shape index (κ1) is 10.0. The van der Waals surface area contributed by atoms with Gasteiger partial charge in [0.15, 0.2) is 0 Å². The minimum Gasteiger partial charge on any atom is -0.0622 e. The quantitative estimate of drug-likeness (QED) is 0.143.